The van der Waals surface area contributed by atoms with Crippen LogP contribution in [0.25, 0.3) is 10.8 Å². The Kier molecular flexibility index (Phi) is 11.5. The molecule has 10 heteroatoms. The maximum absolute atomic E-state index is 13.6. The first-order valence-electron chi connectivity index (χ1n) is 11.0. The maximum atomic E-state index is 13.6. The van der Waals surface area contributed by atoms with Crippen LogP contribution in [-0.2, 0) is 20.7 Å². The number of rotatable bonds is 11. The Hall–Kier alpha value is -3.27. The van der Waals surface area contributed by atoms with Crippen LogP contribution in [0, 0.1) is 5.82 Å². The molecule has 0 aliphatic rings. The molecular weight excluding hydrogens is 489 g/mol. The van der Waals surface area contributed by atoms with Gasteiger partial charge >= 0.3 is 6.09 Å². The molecule has 0 saturated heterocycles. The number of hydrogen-bond acceptors (Lipinski definition) is 6. The molecule has 0 unspecified atom stereocenters. The zero-order valence-electron chi connectivity index (χ0n) is 19.2. The number of amides is 2. The summed E-state index contributed by atoms with van der Waals surface area (Å²) in [7, 11) is 1.56. The van der Waals surface area contributed by atoms with Crippen LogP contribution in [0.3, 0.4) is 0 Å². The summed E-state index contributed by atoms with van der Waals surface area (Å²) in [5.74, 6) is -0.470. The predicted molar refractivity (Wildman–Crippen MR) is 138 cm³/mol. The highest BCUT2D eigenvalue weighted by Gasteiger charge is 2.22. The van der Waals surface area contributed by atoms with E-state index in [-0.39, 0.29) is 57.6 Å². The molecule has 0 spiro atoms. The predicted octanol–water partition coefficient (Wildman–Crippen LogP) is 4.68. The summed E-state index contributed by atoms with van der Waals surface area (Å²) in [5.41, 5.74) is 0.528. The van der Waals surface area contributed by atoms with Crippen molar-refractivity contribution >= 4 is 40.2 Å². The van der Waals surface area contributed by atoms with Crippen molar-refractivity contribution in [2.24, 2.45) is 0 Å². The zero-order chi connectivity index (χ0) is 25.2. The first-order valence-corrected chi connectivity index (χ1v) is 11.4. The number of fused-ring (bicyclic) bond motifs is 1. The van der Waals surface area contributed by atoms with Crippen molar-refractivity contribution in [1.29, 1.82) is 0 Å². The van der Waals surface area contributed by atoms with Gasteiger partial charge in [0.25, 0.3) is 0 Å². The highest BCUT2D eigenvalue weighted by Crippen LogP contribution is 2.21. The van der Waals surface area contributed by atoms with Gasteiger partial charge in [0.1, 0.15) is 18.2 Å². The molecule has 2 aromatic carbocycles. The number of anilines is 1. The van der Waals surface area contributed by atoms with Crippen molar-refractivity contribution in [3.8, 4) is 0 Å². The average molecular weight is 520 g/mol. The maximum Gasteiger partial charge on any atom is 0.412 e. The van der Waals surface area contributed by atoms with E-state index in [1.165, 1.54) is 17.0 Å². The first kappa shape index (κ1) is 29.0. The molecule has 3 rings (SSSR count). The van der Waals surface area contributed by atoms with Crippen LogP contribution >= 0.6 is 11.6 Å². The Labute approximate surface area is 215 Å². The Balaban J connectivity index is 0.00000456. The van der Waals surface area contributed by atoms with E-state index in [1.54, 1.807) is 25.4 Å². The largest absolute Gasteiger partial charge is 0.447 e. The number of benzene rings is 2. The lowest BCUT2D eigenvalue weighted by Crippen LogP contribution is -2.44. The molecule has 1 atom stereocenters. The SMILES string of the molecule is C.CN(C(=O)CCc1cccc(F)c1Cl)[C@@H](COCCO)COC(=O)Nc1cc2ccccc2cn1. The molecule has 0 radical (unpaired) electrons. The topological polar surface area (TPSA) is 101 Å². The number of nitrogens with zero attached hydrogens (tertiary/aromatic N) is 2. The molecular formula is C26H31ClFN3O5. The van der Waals surface area contributed by atoms with Gasteiger partial charge in [-0.25, -0.2) is 14.2 Å². The molecule has 194 valence electrons. The van der Waals surface area contributed by atoms with Gasteiger partial charge in [-0.2, -0.15) is 0 Å². The molecule has 1 heterocycles. The number of carbonyl (C=O) groups excluding carboxylic acids is 2. The molecule has 2 amide bonds. The molecule has 1 aromatic heterocycles. The quantitative estimate of drug-likeness (QED) is 0.357. The van der Waals surface area contributed by atoms with Crippen LogP contribution in [0.4, 0.5) is 15.0 Å². The van der Waals surface area contributed by atoms with Gasteiger partial charge in [-0.15, -0.1) is 0 Å². The average Bonchev–Trinajstić information content (AvgIpc) is 2.86. The minimum absolute atomic E-state index is 0. The summed E-state index contributed by atoms with van der Waals surface area (Å²) in [6.45, 7) is -0.207. The number of aryl methyl sites for hydroxylation is 1. The second kappa shape index (κ2) is 14.3. The third-order valence-electron chi connectivity index (χ3n) is 5.39. The fourth-order valence-electron chi connectivity index (χ4n) is 3.38. The number of halogens is 2. The monoisotopic (exact) mass is 519 g/mol. The number of hydrogen-bond donors (Lipinski definition) is 2. The second-order valence-corrected chi connectivity index (χ2v) is 8.19. The van der Waals surface area contributed by atoms with Crippen LogP contribution in [0.5, 0.6) is 0 Å². The Morgan fingerprint density at radius 1 is 1.17 bits per heavy atom. The van der Waals surface area contributed by atoms with E-state index in [0.717, 1.165) is 10.8 Å². The normalized spacial score (nSPS) is 11.4. The summed E-state index contributed by atoms with van der Waals surface area (Å²) in [6, 6.07) is 13.2. The van der Waals surface area contributed by atoms with Gasteiger partial charge in [0.2, 0.25) is 5.91 Å². The smallest absolute Gasteiger partial charge is 0.412 e. The lowest BCUT2D eigenvalue weighted by atomic mass is 10.1. The van der Waals surface area contributed by atoms with Gasteiger partial charge in [0.05, 0.1) is 30.9 Å². The third kappa shape index (κ3) is 8.15. The fraction of sp³-hybridized carbons (Fsp3) is 0.346. The Morgan fingerprint density at radius 2 is 1.92 bits per heavy atom. The number of nitrogens with one attached hydrogen (secondary N) is 1. The van der Waals surface area contributed by atoms with Crippen LogP contribution in [0.1, 0.15) is 19.4 Å². The van der Waals surface area contributed by atoms with Crippen LogP contribution in [0.15, 0.2) is 54.7 Å². The Bertz CT molecular complexity index is 1160. The van der Waals surface area contributed by atoms with E-state index in [0.29, 0.717) is 11.4 Å². The van der Waals surface area contributed by atoms with Gasteiger partial charge in [-0.1, -0.05) is 55.4 Å². The van der Waals surface area contributed by atoms with Crippen LogP contribution < -0.4 is 5.32 Å². The number of aromatic nitrogens is 1. The van der Waals surface area contributed by atoms with Crippen LogP contribution in [0.2, 0.25) is 5.02 Å². The minimum Gasteiger partial charge on any atom is -0.447 e. The lowest BCUT2D eigenvalue weighted by Gasteiger charge is -2.28. The van der Waals surface area contributed by atoms with E-state index in [1.807, 2.05) is 24.3 Å². The van der Waals surface area contributed by atoms with Crippen molar-refractivity contribution in [3.05, 3.63) is 71.1 Å². The van der Waals surface area contributed by atoms with Gasteiger partial charge in [0.15, 0.2) is 0 Å². The molecule has 0 aliphatic carbocycles. The van der Waals surface area contributed by atoms with E-state index in [9.17, 15) is 14.0 Å². The summed E-state index contributed by atoms with van der Waals surface area (Å²) < 4.78 is 24.3. The van der Waals surface area contributed by atoms with E-state index in [2.05, 4.69) is 10.3 Å². The van der Waals surface area contributed by atoms with E-state index in [4.69, 9.17) is 26.2 Å². The molecule has 0 aliphatic heterocycles. The Morgan fingerprint density at radius 3 is 2.67 bits per heavy atom. The number of aliphatic hydroxyl groups excluding tert-OH is 1. The van der Waals surface area contributed by atoms with Crippen LogP contribution in [-0.4, -0.2) is 66.5 Å². The number of likely N-dealkylation sites (N-methyl/N-ethyl adjacent to an activating group) is 1. The molecule has 3 aromatic rings. The summed E-state index contributed by atoms with van der Waals surface area (Å²) in [6.07, 6.45) is 1.24. The number of ether oxygens (including phenoxy) is 2. The zero-order valence-corrected chi connectivity index (χ0v) is 20.0. The number of pyridine rings is 1. The van der Waals surface area contributed by atoms with Gasteiger partial charge in [-0.3, -0.25) is 10.1 Å². The summed E-state index contributed by atoms with van der Waals surface area (Å²) >= 11 is 5.97. The van der Waals surface area contributed by atoms with Crippen molar-refractivity contribution < 1.29 is 28.6 Å². The summed E-state index contributed by atoms with van der Waals surface area (Å²) in [4.78, 5) is 30.7. The fourth-order valence-corrected chi connectivity index (χ4v) is 3.60. The molecule has 0 fully saturated rings. The second-order valence-electron chi connectivity index (χ2n) is 7.81. The van der Waals surface area contributed by atoms with Gasteiger partial charge < -0.3 is 19.5 Å². The van der Waals surface area contributed by atoms with Crippen molar-refractivity contribution in [1.82, 2.24) is 9.88 Å². The standard InChI is InChI=1S/C25H27ClFN3O5.CH4/c1-30(23(32)10-9-17-7-4-8-21(27)24(17)26)20(15-34-12-11-31)16-35-25(33)29-22-13-18-5-2-3-6-19(18)14-28-22;/h2-8,13-14,20,31H,9-12,15-16H2,1H3,(H,28,29,33);1H4/t20-;/m0./s1. The minimum atomic E-state index is -0.729. The number of carbonyl (C=O) groups is 2. The summed E-state index contributed by atoms with van der Waals surface area (Å²) in [5, 5.41) is 13.4. The molecule has 36 heavy (non-hydrogen) atoms. The van der Waals surface area contributed by atoms with Gasteiger partial charge in [0, 0.05) is 25.1 Å². The van der Waals surface area contributed by atoms with Crippen molar-refractivity contribution in [2.45, 2.75) is 26.3 Å². The van der Waals surface area contributed by atoms with E-state index >= 15 is 0 Å². The first-order chi connectivity index (χ1) is 16.9. The molecule has 0 saturated carbocycles. The van der Waals surface area contributed by atoms with Crippen molar-refractivity contribution in [3.63, 3.8) is 0 Å². The van der Waals surface area contributed by atoms with Crippen molar-refractivity contribution in [2.75, 3.05) is 38.8 Å². The highest BCUT2D eigenvalue weighted by atomic mass is 35.5. The highest BCUT2D eigenvalue weighted by molar-refractivity contribution is 6.31. The molecule has 8 nitrogen and oxygen atoms in total. The third-order valence-corrected chi connectivity index (χ3v) is 5.82. The van der Waals surface area contributed by atoms with E-state index < -0.39 is 18.0 Å². The lowest BCUT2D eigenvalue weighted by molar-refractivity contribution is -0.134. The van der Waals surface area contributed by atoms with Gasteiger partial charge in [-0.05, 0) is 29.5 Å². The molecule has 2 N–H and O–H groups in total. The molecule has 0 bridgehead atoms. The number of aliphatic hydroxyl groups is 1.